The van der Waals surface area contributed by atoms with Crippen molar-refractivity contribution in [3.05, 3.63) is 35.9 Å². The van der Waals surface area contributed by atoms with Gasteiger partial charge in [0.05, 0.1) is 35.8 Å². The first-order valence-corrected chi connectivity index (χ1v) is 9.87. The van der Waals surface area contributed by atoms with Crippen molar-refractivity contribution in [2.75, 3.05) is 0 Å². The van der Waals surface area contributed by atoms with Gasteiger partial charge < -0.3 is 14.6 Å². The fraction of sp³-hybridized carbons (Fsp3) is 0.647. The molecule has 0 amide bonds. The lowest BCUT2D eigenvalue weighted by molar-refractivity contribution is -0.0456. The Balaban J connectivity index is 1.57. The van der Waals surface area contributed by atoms with E-state index < -0.39 is 20.2 Å². The van der Waals surface area contributed by atoms with Crippen LogP contribution in [-0.2, 0) is 25.1 Å². The van der Waals surface area contributed by atoms with Gasteiger partial charge in [-0.15, -0.1) is 0 Å². The summed E-state index contributed by atoms with van der Waals surface area (Å²) in [6, 6.07) is 9.21. The van der Waals surface area contributed by atoms with Crippen LogP contribution < -0.4 is 0 Å². The highest BCUT2D eigenvalue weighted by atomic mass is 32.2. The van der Waals surface area contributed by atoms with Crippen LogP contribution in [0.5, 0.6) is 0 Å². The van der Waals surface area contributed by atoms with Gasteiger partial charge in [-0.2, -0.15) is 0 Å². The van der Waals surface area contributed by atoms with E-state index in [0.717, 1.165) is 5.56 Å². The van der Waals surface area contributed by atoms with Crippen LogP contribution in [0, 0.1) is 0 Å². The molecular formula is C17H20O5S. The van der Waals surface area contributed by atoms with Crippen molar-refractivity contribution in [2.45, 2.75) is 66.2 Å². The van der Waals surface area contributed by atoms with Crippen molar-refractivity contribution in [1.82, 2.24) is 0 Å². The minimum Gasteiger partial charge on any atom is -0.388 e. The molecule has 0 bridgehead atoms. The Morgan fingerprint density at radius 2 is 1.48 bits per heavy atom. The molecule has 1 N–H and O–H groups in total. The molecule has 0 aromatic heterocycles. The Bertz CT molecular complexity index is 722. The van der Waals surface area contributed by atoms with Gasteiger partial charge >= 0.3 is 0 Å². The molecule has 6 heteroatoms. The number of fused-ring (bicyclic) bond motifs is 3. The molecule has 124 valence electrons. The van der Waals surface area contributed by atoms with Crippen LogP contribution in [0.1, 0.15) is 31.2 Å². The van der Waals surface area contributed by atoms with E-state index in [4.69, 9.17) is 9.47 Å². The van der Waals surface area contributed by atoms with Crippen LogP contribution in [0.25, 0.3) is 0 Å². The van der Waals surface area contributed by atoms with Crippen LogP contribution in [0.4, 0.5) is 0 Å². The fourth-order valence-electron chi connectivity index (χ4n) is 4.79. The lowest BCUT2D eigenvalue weighted by atomic mass is 9.66. The van der Waals surface area contributed by atoms with Crippen molar-refractivity contribution < 1.29 is 23.0 Å². The maximum Gasteiger partial charge on any atom is 0.163 e. The monoisotopic (exact) mass is 336 g/mol. The Morgan fingerprint density at radius 3 is 2.04 bits per heavy atom. The summed E-state index contributed by atoms with van der Waals surface area (Å²) in [6.45, 7) is 0. The van der Waals surface area contributed by atoms with E-state index in [1.165, 1.54) is 0 Å². The summed E-state index contributed by atoms with van der Waals surface area (Å²) < 4.78 is 36.8. The number of rotatable bonds is 3. The molecule has 5 rings (SSSR count). The average molecular weight is 336 g/mol. The van der Waals surface area contributed by atoms with E-state index in [9.17, 15) is 13.5 Å². The third-order valence-corrected chi connectivity index (χ3v) is 8.78. The SMILES string of the molecule is O=S(=O)(Cc1ccccc1)C12C[C@@H]3O[C@@H]3CC1(O)C[C@@H]1O[C@@H]1C2. The minimum atomic E-state index is -3.54. The van der Waals surface area contributed by atoms with Crippen LogP contribution >= 0.6 is 0 Å². The normalized spacial score (nSPS) is 47.2. The average Bonchev–Trinajstić information content (AvgIpc) is 3.38. The molecule has 2 saturated heterocycles. The summed E-state index contributed by atoms with van der Waals surface area (Å²) in [5.41, 5.74) is -0.461. The third kappa shape index (κ3) is 1.98. The van der Waals surface area contributed by atoms with Gasteiger partial charge in [0.1, 0.15) is 4.75 Å². The second-order valence-electron chi connectivity index (χ2n) is 7.51. The summed E-state index contributed by atoms with van der Waals surface area (Å²) in [5, 5.41) is 11.3. The first-order valence-electron chi connectivity index (χ1n) is 8.22. The van der Waals surface area contributed by atoms with Crippen molar-refractivity contribution in [3.8, 4) is 0 Å². The zero-order valence-corrected chi connectivity index (χ0v) is 13.5. The summed E-state index contributed by atoms with van der Waals surface area (Å²) in [6.07, 6.45) is 1.64. The lowest BCUT2D eigenvalue weighted by Crippen LogP contribution is -2.65. The van der Waals surface area contributed by atoms with Gasteiger partial charge in [0.25, 0.3) is 0 Å². The van der Waals surface area contributed by atoms with Gasteiger partial charge in [-0.1, -0.05) is 30.3 Å². The second kappa shape index (κ2) is 4.36. The maximum atomic E-state index is 13.4. The molecule has 5 nitrogen and oxygen atoms in total. The van der Waals surface area contributed by atoms with Crippen LogP contribution in [0.3, 0.4) is 0 Å². The molecular weight excluding hydrogens is 316 g/mol. The fourth-order valence-corrected chi connectivity index (χ4v) is 7.28. The molecule has 0 spiro atoms. The van der Waals surface area contributed by atoms with Gasteiger partial charge in [0.2, 0.25) is 0 Å². The van der Waals surface area contributed by atoms with E-state index in [2.05, 4.69) is 0 Å². The first kappa shape index (κ1) is 14.4. The summed E-state index contributed by atoms with van der Waals surface area (Å²) in [4.78, 5) is 0. The third-order valence-electron chi connectivity index (χ3n) is 6.16. The van der Waals surface area contributed by atoms with E-state index in [1.807, 2.05) is 30.3 Å². The highest BCUT2D eigenvalue weighted by Gasteiger charge is 2.73. The Morgan fingerprint density at radius 1 is 0.957 bits per heavy atom. The Hall–Kier alpha value is -0.950. The second-order valence-corrected chi connectivity index (χ2v) is 9.81. The van der Waals surface area contributed by atoms with Gasteiger partial charge in [0, 0.05) is 12.8 Å². The van der Waals surface area contributed by atoms with Gasteiger partial charge in [-0.25, -0.2) is 8.42 Å². The molecule has 2 saturated carbocycles. The molecule has 2 heterocycles. The number of hydrogen-bond donors (Lipinski definition) is 1. The molecule has 23 heavy (non-hydrogen) atoms. The number of epoxide rings is 2. The minimum absolute atomic E-state index is 0.0175. The molecule has 4 aliphatic rings. The smallest absolute Gasteiger partial charge is 0.163 e. The van der Waals surface area contributed by atoms with Gasteiger partial charge in [-0.3, -0.25) is 0 Å². The zero-order valence-electron chi connectivity index (χ0n) is 12.7. The topological polar surface area (TPSA) is 79.4 Å². The van der Waals surface area contributed by atoms with Crippen molar-refractivity contribution in [2.24, 2.45) is 0 Å². The van der Waals surface area contributed by atoms with Gasteiger partial charge in [0.15, 0.2) is 9.84 Å². The Kier molecular flexibility index (Phi) is 2.73. The highest BCUT2D eigenvalue weighted by Crippen LogP contribution is 2.61. The van der Waals surface area contributed by atoms with Gasteiger partial charge in [-0.05, 0) is 18.4 Å². The molecule has 2 unspecified atom stereocenters. The number of aliphatic hydroxyl groups is 1. The van der Waals surface area contributed by atoms with Crippen LogP contribution in [0.15, 0.2) is 30.3 Å². The maximum absolute atomic E-state index is 13.4. The predicted molar refractivity (Wildman–Crippen MR) is 82.5 cm³/mol. The van der Waals surface area contributed by atoms with E-state index in [-0.39, 0.29) is 30.2 Å². The van der Waals surface area contributed by atoms with E-state index in [0.29, 0.717) is 25.7 Å². The standard InChI is InChI=1S/C17H20O5S/c18-16-6-12-14(21-12)8-17(16,9-15-13(7-16)22-15)23(19,20)10-11-4-2-1-3-5-11/h1-5,12-15,18H,6-10H2/t12-,13+,14+,15-,16?,17?. The van der Waals surface area contributed by atoms with Crippen LogP contribution in [0.2, 0.25) is 0 Å². The molecule has 1 aromatic rings. The molecule has 6 atom stereocenters. The summed E-state index contributed by atoms with van der Waals surface area (Å²) in [5.74, 6) is -0.0368. The first-order chi connectivity index (χ1) is 10.9. The molecule has 4 fully saturated rings. The largest absolute Gasteiger partial charge is 0.388 e. The molecule has 1 aromatic carbocycles. The lowest BCUT2D eigenvalue weighted by Gasteiger charge is -2.50. The van der Waals surface area contributed by atoms with Crippen LogP contribution in [-0.4, -0.2) is 48.3 Å². The number of sulfone groups is 1. The summed E-state index contributed by atoms with van der Waals surface area (Å²) in [7, 11) is -3.54. The molecule has 2 aliphatic carbocycles. The van der Waals surface area contributed by atoms with Crippen molar-refractivity contribution >= 4 is 9.84 Å². The zero-order chi connectivity index (χ0) is 15.9. The number of benzene rings is 1. The highest BCUT2D eigenvalue weighted by molar-refractivity contribution is 7.92. The Labute approximate surface area is 135 Å². The van der Waals surface area contributed by atoms with E-state index in [1.54, 1.807) is 0 Å². The number of ether oxygens (including phenoxy) is 2. The van der Waals surface area contributed by atoms with Crippen molar-refractivity contribution in [3.63, 3.8) is 0 Å². The van der Waals surface area contributed by atoms with E-state index >= 15 is 0 Å². The van der Waals surface area contributed by atoms with Crippen molar-refractivity contribution in [1.29, 1.82) is 0 Å². The predicted octanol–water partition coefficient (Wildman–Crippen LogP) is 1.19. The number of hydrogen-bond acceptors (Lipinski definition) is 5. The molecule has 0 radical (unpaired) electrons. The quantitative estimate of drug-likeness (QED) is 0.839. The summed E-state index contributed by atoms with van der Waals surface area (Å²) >= 11 is 0. The molecule has 2 aliphatic heterocycles.